The van der Waals surface area contributed by atoms with Crippen molar-refractivity contribution in [3.05, 3.63) is 449 Å². The average Bonchev–Trinajstić information content (AvgIpc) is 1.61. The third-order valence-electron chi connectivity index (χ3n) is 26.1. The Morgan fingerprint density at radius 3 is 0.932 bits per heavy atom. The van der Waals surface area contributed by atoms with Gasteiger partial charge in [-0.05, 0) is 156 Å². The summed E-state index contributed by atoms with van der Waals surface area (Å²) >= 11 is 0. The van der Waals surface area contributed by atoms with Crippen molar-refractivity contribution < 1.29 is 0 Å². The molecular weight excluding hydrogens is 1620 g/mol. The van der Waals surface area contributed by atoms with Crippen molar-refractivity contribution in [1.82, 2.24) is 58.1 Å². The second kappa shape index (κ2) is 31.4. The van der Waals surface area contributed by atoms with Crippen molar-refractivity contribution in [2.24, 2.45) is 0 Å². The maximum Gasteiger partial charge on any atom is 0.160 e. The predicted octanol–water partition coefficient (Wildman–Crippen LogP) is 30.4. The number of benzene rings is 19. The third kappa shape index (κ3) is 12.9. The molecule has 0 amide bonds. The van der Waals surface area contributed by atoms with Gasteiger partial charge in [0.15, 0.2) is 5.82 Å². The van der Waals surface area contributed by atoms with Crippen molar-refractivity contribution in [3.8, 4) is 101 Å². The van der Waals surface area contributed by atoms with Gasteiger partial charge in [0.05, 0.1) is 89.2 Å². The Morgan fingerprint density at radius 2 is 0.481 bits per heavy atom. The smallest absolute Gasteiger partial charge is 0.160 e. The number of rotatable bonds is 9. The molecule has 28 rings (SSSR count). The van der Waals surface area contributed by atoms with Crippen LogP contribution >= 0.6 is 0 Å². The summed E-state index contributed by atoms with van der Waals surface area (Å²) in [7, 11) is 0. The van der Waals surface area contributed by atoms with Gasteiger partial charge in [-0.2, -0.15) is 0 Å². The number of para-hydroxylation sites is 1. The molecule has 0 bridgehead atoms. The third-order valence-corrected chi connectivity index (χ3v) is 26.1. The quantitative estimate of drug-likeness (QED) is 0.130. The molecule has 9 aromatic heterocycles. The van der Waals surface area contributed by atoms with Crippen molar-refractivity contribution >= 4 is 158 Å². The second-order valence-electron chi connectivity index (χ2n) is 33.8. The molecule has 0 radical (unpaired) electrons. The minimum absolute atomic E-state index is 0.724. The number of fused-ring (bicyclic) bond motifs is 29. The van der Waals surface area contributed by atoms with Crippen molar-refractivity contribution in [1.29, 1.82) is 0 Å². The van der Waals surface area contributed by atoms with Gasteiger partial charge in [0.2, 0.25) is 0 Å². The minimum Gasteiger partial charge on any atom is -0.299 e. The molecule has 28 aromatic rings. The number of hydrogen-bond donors (Lipinski definition) is 0. The summed E-state index contributed by atoms with van der Waals surface area (Å²) in [5.74, 6) is 0.724. The Labute approximate surface area is 761 Å². The molecule has 19 aromatic carbocycles. The highest BCUT2D eigenvalue weighted by atomic mass is 15.0. The van der Waals surface area contributed by atoms with Crippen molar-refractivity contribution in [3.63, 3.8) is 0 Å². The lowest BCUT2D eigenvalue weighted by molar-refractivity contribution is 1.23. The molecule has 0 saturated carbocycles. The first kappa shape index (κ1) is 76.1. The van der Waals surface area contributed by atoms with Crippen LogP contribution in [-0.2, 0) is 0 Å². The molecule has 0 aliphatic carbocycles. The zero-order chi connectivity index (χ0) is 87.6. The first-order valence-electron chi connectivity index (χ1n) is 44.8. The number of aromatic nitrogens is 12. The summed E-state index contributed by atoms with van der Waals surface area (Å²) < 4.78 is 6.60. The van der Waals surface area contributed by atoms with Gasteiger partial charge in [0, 0.05) is 95.1 Å². The van der Waals surface area contributed by atoms with Crippen LogP contribution in [-0.4, -0.2) is 58.1 Å². The van der Waals surface area contributed by atoms with Crippen molar-refractivity contribution in [2.75, 3.05) is 0 Å². The fourth-order valence-corrected chi connectivity index (χ4v) is 19.9. The molecule has 133 heavy (non-hydrogen) atoms. The van der Waals surface area contributed by atoms with E-state index >= 15 is 0 Å². The molecular formula is C121H74N12. The topological polar surface area (TPSA) is 129 Å². The maximum atomic E-state index is 5.35. The minimum atomic E-state index is 0.724. The number of hydrogen-bond acceptors (Lipinski definition) is 9. The number of pyridine rings is 3. The van der Waals surface area contributed by atoms with E-state index in [-0.39, 0.29) is 0 Å². The van der Waals surface area contributed by atoms with Crippen LogP contribution in [0.4, 0.5) is 0 Å². The lowest BCUT2D eigenvalue weighted by Gasteiger charge is -2.16. The first-order chi connectivity index (χ1) is 65.9. The van der Waals surface area contributed by atoms with Gasteiger partial charge in [0.25, 0.3) is 0 Å². The summed E-state index contributed by atoms with van der Waals surface area (Å²) in [5, 5.41) is 17.5. The Kier molecular flexibility index (Phi) is 18.0. The van der Waals surface area contributed by atoms with Crippen LogP contribution in [0.2, 0.25) is 0 Å². The molecule has 0 N–H and O–H groups in total. The van der Waals surface area contributed by atoms with Gasteiger partial charge in [-0.1, -0.05) is 346 Å². The Hall–Kier alpha value is -18.1. The van der Waals surface area contributed by atoms with E-state index in [1.807, 2.05) is 72.8 Å². The van der Waals surface area contributed by atoms with Crippen LogP contribution in [0.15, 0.2) is 449 Å². The summed E-state index contributed by atoms with van der Waals surface area (Å²) in [6.07, 6.45) is 6.30. The molecule has 12 heteroatoms. The molecule has 618 valence electrons. The molecule has 0 unspecified atom stereocenters. The summed E-state index contributed by atoms with van der Waals surface area (Å²) in [6.45, 7) is 0. The lowest BCUT2D eigenvalue weighted by atomic mass is 9.91. The van der Waals surface area contributed by atoms with Crippen LogP contribution in [0.25, 0.3) is 259 Å². The van der Waals surface area contributed by atoms with Crippen LogP contribution in [0.5, 0.6) is 0 Å². The van der Waals surface area contributed by atoms with Gasteiger partial charge in [0.1, 0.15) is 16.9 Å². The van der Waals surface area contributed by atoms with E-state index in [1.165, 1.54) is 65.0 Å². The van der Waals surface area contributed by atoms with E-state index in [0.29, 0.717) is 0 Å². The summed E-state index contributed by atoms with van der Waals surface area (Å²) in [6, 6.07) is 151. The SMILES string of the molecule is c1ccc(-c2cc3nc(-c4ccccc4)c(-c4ccccc4)nc3cc2-c2ccc3c(c2)c2ccccc2c2nc4ccccn4c32)cc1.c1ccc(-c2nc(-c3ccc4c(c3)c3ccccc3c3nc5ccccn5c43)nc3ccccc23)cc1.c1ccc(-c2nc3ccc4cc(-c5ccc6c(c5)c5ccccc5c5nc7ccccn7c65)ccc4c3nc2-c2ccccc2)cc1. The lowest BCUT2D eigenvalue weighted by Crippen LogP contribution is -1.97. The monoisotopic (exact) mass is 1690 g/mol. The van der Waals surface area contributed by atoms with Crippen LogP contribution in [0.3, 0.4) is 0 Å². The fourth-order valence-electron chi connectivity index (χ4n) is 19.9. The van der Waals surface area contributed by atoms with E-state index < -0.39 is 0 Å². The summed E-state index contributed by atoms with van der Waals surface area (Å²) in [4.78, 5) is 46.4. The standard InChI is InChI=1S/C45H28N4.C43H26N4.C33H20N4/c1-4-14-29(15-5-1)36-27-39-40(47-43(31-18-8-3-9-19-31)42(46-39)30-16-6-2-7-17-30)28-37(36)32-23-24-35-38(26-32)33-20-10-11-21-34(33)44-45(35)49-25-13-12-22-41(49)48-44;1-3-11-27(12-4-1)39-40(28-13-5-2-6-14-28)46-41-32-21-18-29(25-31(32)20-23-37(41)44-39)30-19-22-35-36(26-30)33-15-7-8-16-34(33)42-43(35)47-24-10-9-17-38(47)45-42;1-2-10-21(11-3-1)30-26-14-6-7-15-28(26)34-33(36-30)22-17-18-25-27(20-22)23-12-4-5-13-24(23)31-32(25)37-19-9-8-16-29(37)35-31/h1-28H;1-26H;1-20H. The molecule has 12 nitrogen and oxygen atoms in total. The molecule has 0 aliphatic heterocycles. The van der Waals surface area contributed by atoms with Gasteiger partial charge in [-0.3, -0.25) is 13.2 Å². The van der Waals surface area contributed by atoms with Gasteiger partial charge < -0.3 is 0 Å². The van der Waals surface area contributed by atoms with E-state index in [0.717, 1.165) is 194 Å². The number of nitrogens with zero attached hydrogens (tertiary/aromatic N) is 12. The Bertz CT molecular complexity index is 9580. The van der Waals surface area contributed by atoms with E-state index in [9.17, 15) is 0 Å². The molecule has 0 saturated heterocycles. The van der Waals surface area contributed by atoms with Gasteiger partial charge in [-0.15, -0.1) is 0 Å². The Balaban J connectivity index is 0.000000105. The summed E-state index contributed by atoms with van der Waals surface area (Å²) in [5.41, 5.74) is 31.4. The maximum absolute atomic E-state index is 5.35. The van der Waals surface area contributed by atoms with E-state index in [2.05, 4.69) is 390 Å². The molecule has 0 spiro atoms. The number of imidazole rings is 3. The van der Waals surface area contributed by atoms with E-state index in [1.54, 1.807) is 0 Å². The molecule has 0 aliphatic rings. The molecule has 9 heterocycles. The zero-order valence-corrected chi connectivity index (χ0v) is 71.6. The molecule has 0 atom stereocenters. The predicted molar refractivity (Wildman–Crippen MR) is 549 cm³/mol. The van der Waals surface area contributed by atoms with Gasteiger partial charge >= 0.3 is 0 Å². The highest BCUT2D eigenvalue weighted by Crippen LogP contribution is 2.46. The fraction of sp³-hybridized carbons (Fsp3) is 0. The van der Waals surface area contributed by atoms with Crippen LogP contribution in [0, 0.1) is 0 Å². The highest BCUT2D eigenvalue weighted by Gasteiger charge is 2.25. The van der Waals surface area contributed by atoms with Crippen molar-refractivity contribution in [2.45, 2.75) is 0 Å². The Morgan fingerprint density at radius 1 is 0.150 bits per heavy atom. The first-order valence-corrected chi connectivity index (χ1v) is 44.8. The normalized spacial score (nSPS) is 11.8. The zero-order valence-electron chi connectivity index (χ0n) is 71.6. The average molecular weight is 1700 g/mol. The second-order valence-corrected chi connectivity index (χ2v) is 33.8. The van der Waals surface area contributed by atoms with Crippen LogP contribution < -0.4 is 0 Å². The largest absolute Gasteiger partial charge is 0.299 e. The highest BCUT2D eigenvalue weighted by molar-refractivity contribution is 6.28. The van der Waals surface area contributed by atoms with Crippen LogP contribution in [0.1, 0.15) is 0 Å². The van der Waals surface area contributed by atoms with Gasteiger partial charge in [-0.25, -0.2) is 44.9 Å². The van der Waals surface area contributed by atoms with E-state index in [4.69, 9.17) is 44.9 Å². The molecule has 0 fully saturated rings.